The van der Waals surface area contributed by atoms with Gasteiger partial charge in [-0.15, -0.1) is 0 Å². The van der Waals surface area contributed by atoms with Crippen LogP contribution in [0.5, 0.6) is 11.5 Å². The summed E-state index contributed by atoms with van der Waals surface area (Å²) < 4.78 is 5.24. The van der Waals surface area contributed by atoms with Crippen molar-refractivity contribution in [2.75, 3.05) is 6.61 Å². The molecular formula is C16H14N4O7. The minimum absolute atomic E-state index is 0.296. The summed E-state index contributed by atoms with van der Waals surface area (Å²) in [4.78, 5) is 31.6. The molecule has 0 aliphatic rings. The molecular weight excluding hydrogens is 360 g/mol. The van der Waals surface area contributed by atoms with Crippen molar-refractivity contribution in [1.29, 1.82) is 0 Å². The summed E-state index contributed by atoms with van der Waals surface area (Å²) in [6, 6.07) is 8.51. The van der Waals surface area contributed by atoms with E-state index in [4.69, 9.17) is 4.74 Å². The lowest BCUT2D eigenvalue weighted by molar-refractivity contribution is -0.394. The predicted molar refractivity (Wildman–Crippen MR) is 93.8 cm³/mol. The average Bonchev–Trinajstić information content (AvgIpc) is 2.62. The highest BCUT2D eigenvalue weighted by Gasteiger charge is 2.23. The molecule has 0 bridgehead atoms. The number of benzene rings is 2. The maximum absolute atomic E-state index is 11.7. The number of phenols is 1. The second-order valence-electron chi connectivity index (χ2n) is 5.31. The Balaban J connectivity index is 2.04. The van der Waals surface area contributed by atoms with E-state index in [1.165, 1.54) is 0 Å². The number of non-ortho nitro benzene ring substituents is 1. The van der Waals surface area contributed by atoms with E-state index in [2.05, 4.69) is 10.5 Å². The Hall–Kier alpha value is -4.02. The monoisotopic (exact) mass is 374 g/mol. The number of carbonyl (C=O) groups is 1. The predicted octanol–water partition coefficient (Wildman–Crippen LogP) is 2.05. The highest BCUT2D eigenvalue weighted by atomic mass is 16.6. The van der Waals surface area contributed by atoms with Crippen LogP contribution in [-0.4, -0.2) is 33.7 Å². The van der Waals surface area contributed by atoms with E-state index in [0.29, 0.717) is 11.8 Å². The molecule has 1 amide bonds. The van der Waals surface area contributed by atoms with E-state index >= 15 is 0 Å². The van der Waals surface area contributed by atoms with Gasteiger partial charge in [-0.3, -0.25) is 25.0 Å². The summed E-state index contributed by atoms with van der Waals surface area (Å²) in [6.45, 7) is 1.56. The Bertz CT molecular complexity index is 910. The van der Waals surface area contributed by atoms with Crippen molar-refractivity contribution < 1.29 is 24.5 Å². The lowest BCUT2D eigenvalue weighted by atomic mass is 10.1. The van der Waals surface area contributed by atoms with Crippen LogP contribution >= 0.6 is 0 Å². The molecule has 0 aliphatic heterocycles. The van der Waals surface area contributed by atoms with Crippen molar-refractivity contribution in [2.45, 2.75) is 6.92 Å². The molecule has 0 saturated carbocycles. The molecule has 2 N–H and O–H groups in total. The lowest BCUT2D eigenvalue weighted by Crippen LogP contribution is -2.24. The summed E-state index contributed by atoms with van der Waals surface area (Å²) >= 11 is 0. The smallest absolute Gasteiger partial charge is 0.318 e. The standard InChI is InChI=1S/C16H14N4O7/c1-10-2-4-13(5-3-10)27-9-15(21)18-17-8-11-6-12(19(23)24)7-14(16(11)22)20(25)26/h2-8,22H,9H2,1H3,(H,18,21)/b17-8+. The van der Waals surface area contributed by atoms with Gasteiger partial charge in [-0.1, -0.05) is 17.7 Å². The zero-order valence-corrected chi connectivity index (χ0v) is 14.0. The van der Waals surface area contributed by atoms with E-state index in [-0.39, 0.29) is 12.2 Å². The van der Waals surface area contributed by atoms with Gasteiger partial charge in [0, 0.05) is 6.07 Å². The summed E-state index contributed by atoms with van der Waals surface area (Å²) in [5, 5.41) is 35.0. The van der Waals surface area contributed by atoms with Crippen LogP contribution in [0.2, 0.25) is 0 Å². The molecule has 11 heteroatoms. The maximum atomic E-state index is 11.7. The first kappa shape index (κ1) is 19.3. The number of carbonyl (C=O) groups excluding carboxylic acids is 1. The molecule has 0 atom stereocenters. The number of ether oxygens (including phenoxy) is 1. The van der Waals surface area contributed by atoms with E-state index in [1.807, 2.05) is 19.1 Å². The SMILES string of the molecule is Cc1ccc(OCC(=O)N/N=C/c2cc([N+](=O)[O-])cc([N+](=O)[O-])c2O)cc1. The highest BCUT2D eigenvalue weighted by Crippen LogP contribution is 2.33. The maximum Gasteiger partial charge on any atom is 0.318 e. The summed E-state index contributed by atoms with van der Waals surface area (Å²) in [6.07, 6.45) is 0.860. The number of hydrazone groups is 1. The third kappa shape index (κ3) is 5.22. The number of nitro benzene ring substituents is 2. The van der Waals surface area contributed by atoms with Crippen molar-refractivity contribution in [3.05, 3.63) is 67.8 Å². The Labute approximate surface area is 152 Å². The molecule has 0 aromatic heterocycles. The lowest BCUT2D eigenvalue weighted by Gasteiger charge is -2.05. The molecule has 2 rings (SSSR count). The van der Waals surface area contributed by atoms with Gasteiger partial charge < -0.3 is 9.84 Å². The zero-order valence-electron chi connectivity index (χ0n) is 14.0. The fourth-order valence-corrected chi connectivity index (χ4v) is 1.96. The van der Waals surface area contributed by atoms with Crippen LogP contribution in [-0.2, 0) is 4.79 Å². The molecule has 0 aliphatic carbocycles. The van der Waals surface area contributed by atoms with Gasteiger partial charge in [0.25, 0.3) is 11.6 Å². The van der Waals surface area contributed by atoms with Crippen molar-refractivity contribution in [3.63, 3.8) is 0 Å². The first-order valence-corrected chi connectivity index (χ1v) is 7.45. The van der Waals surface area contributed by atoms with Gasteiger partial charge in [0.1, 0.15) is 5.75 Å². The number of hydrogen-bond acceptors (Lipinski definition) is 8. The van der Waals surface area contributed by atoms with E-state index in [0.717, 1.165) is 17.8 Å². The Kier molecular flexibility index (Phi) is 5.99. The van der Waals surface area contributed by atoms with Gasteiger partial charge in [0.15, 0.2) is 6.61 Å². The summed E-state index contributed by atoms with van der Waals surface area (Å²) in [7, 11) is 0. The second-order valence-corrected chi connectivity index (χ2v) is 5.31. The van der Waals surface area contributed by atoms with Crippen molar-refractivity contribution in [1.82, 2.24) is 5.43 Å². The van der Waals surface area contributed by atoms with Crippen molar-refractivity contribution in [3.8, 4) is 11.5 Å². The molecule has 0 unspecified atom stereocenters. The van der Waals surface area contributed by atoms with Gasteiger partial charge in [0.2, 0.25) is 5.75 Å². The number of nitro groups is 2. The van der Waals surface area contributed by atoms with Crippen LogP contribution in [0.25, 0.3) is 0 Å². The van der Waals surface area contributed by atoms with Crippen LogP contribution in [0.1, 0.15) is 11.1 Å². The quantitative estimate of drug-likeness (QED) is 0.426. The van der Waals surface area contributed by atoms with Crippen LogP contribution in [0.3, 0.4) is 0 Å². The van der Waals surface area contributed by atoms with E-state index in [9.17, 15) is 30.1 Å². The van der Waals surface area contributed by atoms with Gasteiger partial charge >= 0.3 is 5.69 Å². The molecule has 2 aromatic rings. The topological polar surface area (TPSA) is 157 Å². The first-order chi connectivity index (χ1) is 12.8. The van der Waals surface area contributed by atoms with Crippen molar-refractivity contribution in [2.24, 2.45) is 5.10 Å². The third-order valence-electron chi connectivity index (χ3n) is 3.30. The number of hydrogen-bond donors (Lipinski definition) is 2. The molecule has 140 valence electrons. The summed E-state index contributed by atoms with van der Waals surface area (Å²) in [5.74, 6) is -0.961. The number of nitrogens with one attached hydrogen (secondary N) is 1. The number of rotatable bonds is 7. The Morgan fingerprint density at radius 3 is 2.48 bits per heavy atom. The number of aromatic hydroxyl groups is 1. The van der Waals surface area contributed by atoms with Gasteiger partial charge in [-0.25, -0.2) is 5.43 Å². The highest BCUT2D eigenvalue weighted by molar-refractivity contribution is 5.88. The first-order valence-electron chi connectivity index (χ1n) is 7.45. The molecule has 0 radical (unpaired) electrons. The van der Waals surface area contributed by atoms with Crippen LogP contribution in [0.15, 0.2) is 41.5 Å². The fourth-order valence-electron chi connectivity index (χ4n) is 1.96. The molecule has 0 heterocycles. The molecule has 0 saturated heterocycles. The fraction of sp³-hybridized carbons (Fsp3) is 0.125. The number of nitrogens with zero attached hydrogens (tertiary/aromatic N) is 3. The minimum Gasteiger partial charge on any atom is -0.502 e. The second kappa shape index (κ2) is 8.38. The van der Waals surface area contributed by atoms with Gasteiger partial charge in [-0.2, -0.15) is 5.10 Å². The number of aryl methyl sites for hydroxylation is 1. The largest absolute Gasteiger partial charge is 0.502 e. The molecule has 0 spiro atoms. The van der Waals surface area contributed by atoms with Crippen LogP contribution in [0.4, 0.5) is 11.4 Å². The van der Waals surface area contributed by atoms with E-state index < -0.39 is 32.9 Å². The average molecular weight is 374 g/mol. The Morgan fingerprint density at radius 2 is 1.89 bits per heavy atom. The Morgan fingerprint density at radius 1 is 1.22 bits per heavy atom. The molecule has 11 nitrogen and oxygen atoms in total. The van der Waals surface area contributed by atoms with Crippen LogP contribution < -0.4 is 10.2 Å². The molecule has 2 aromatic carbocycles. The zero-order chi connectivity index (χ0) is 20.0. The third-order valence-corrected chi connectivity index (χ3v) is 3.30. The minimum atomic E-state index is -0.965. The number of phenolic OH excluding ortho intramolecular Hbond substituents is 1. The molecule has 27 heavy (non-hydrogen) atoms. The molecule has 0 fully saturated rings. The number of amides is 1. The van der Waals surface area contributed by atoms with Gasteiger partial charge in [0.05, 0.1) is 27.7 Å². The van der Waals surface area contributed by atoms with Crippen LogP contribution in [0, 0.1) is 27.2 Å². The normalized spacial score (nSPS) is 10.6. The summed E-state index contributed by atoms with van der Waals surface area (Å²) in [5.41, 5.74) is 1.38. The van der Waals surface area contributed by atoms with Gasteiger partial charge in [-0.05, 0) is 19.1 Å². The van der Waals surface area contributed by atoms with Crippen molar-refractivity contribution >= 4 is 23.5 Å². The van der Waals surface area contributed by atoms with E-state index in [1.54, 1.807) is 12.1 Å².